The topological polar surface area (TPSA) is 106 Å². The maximum atomic E-state index is 10.3. The summed E-state index contributed by atoms with van der Waals surface area (Å²) in [6, 6.07) is 5.02. The fourth-order valence-corrected chi connectivity index (χ4v) is 0.755. The fourth-order valence-electron chi connectivity index (χ4n) is 0.755. The van der Waals surface area contributed by atoms with Crippen LogP contribution in [0, 0.1) is 13.8 Å². The van der Waals surface area contributed by atoms with E-state index in [2.05, 4.69) is 13.8 Å². The van der Waals surface area contributed by atoms with E-state index >= 15 is 0 Å². The van der Waals surface area contributed by atoms with E-state index in [1.807, 2.05) is 0 Å². The number of carboxylic acid groups (broad SMARTS) is 2. The molecule has 0 radical (unpaired) electrons. The van der Waals surface area contributed by atoms with Crippen LogP contribution in [-0.2, 0) is 19.5 Å². The zero-order valence-corrected chi connectivity index (χ0v) is 13.0. The van der Waals surface area contributed by atoms with Gasteiger partial charge in [0.25, 0.3) is 0 Å². The van der Waals surface area contributed by atoms with Crippen molar-refractivity contribution >= 4 is 11.9 Å². The molecule has 0 fully saturated rings. The molecule has 0 aliphatic rings. The predicted molar refractivity (Wildman–Crippen MR) is 63.9 cm³/mol. The second-order valence-electron chi connectivity index (χ2n) is 2.89. The summed E-state index contributed by atoms with van der Waals surface area (Å²) in [4.78, 5) is 20.7. The summed E-state index contributed by atoms with van der Waals surface area (Å²) in [5, 5.41) is 16.9. The first-order valence-electron chi connectivity index (χ1n) is 4.68. The molecule has 18 heavy (non-hydrogen) atoms. The number of aromatic carboxylic acids is 2. The van der Waals surface area contributed by atoms with E-state index in [-0.39, 0.29) is 36.1 Å². The molecular weight excluding hydrogens is 290 g/mol. The summed E-state index contributed by atoms with van der Waals surface area (Å²) < 4.78 is 0. The van der Waals surface area contributed by atoms with E-state index in [0.717, 1.165) is 12.8 Å². The first kappa shape index (κ1) is 22.0. The van der Waals surface area contributed by atoms with E-state index in [0.29, 0.717) is 0 Å². The SMILES string of the molecule is O.O=C(O)c1ccc(C(=O)O)cc1.[CH2-]CC[CH2-].[Zn+2]. The van der Waals surface area contributed by atoms with Crippen LogP contribution in [0.4, 0.5) is 0 Å². The number of unbranched alkanes of at least 4 members (excludes halogenated alkanes) is 1. The van der Waals surface area contributed by atoms with Gasteiger partial charge in [0.15, 0.2) is 0 Å². The van der Waals surface area contributed by atoms with Crippen LogP contribution in [0.1, 0.15) is 33.6 Å². The number of hydrogen-bond donors (Lipinski definition) is 2. The third-order valence-electron chi connectivity index (χ3n) is 1.63. The number of benzene rings is 1. The molecule has 0 atom stereocenters. The van der Waals surface area contributed by atoms with Gasteiger partial charge in [-0.05, 0) is 24.3 Å². The Morgan fingerprint density at radius 3 is 1.22 bits per heavy atom. The predicted octanol–water partition coefficient (Wildman–Crippen LogP) is 1.69. The Morgan fingerprint density at radius 2 is 1.11 bits per heavy atom. The molecule has 0 saturated heterocycles. The minimum absolute atomic E-state index is 0. The summed E-state index contributed by atoms with van der Waals surface area (Å²) in [5.41, 5.74) is 0.167. The van der Waals surface area contributed by atoms with Gasteiger partial charge in [-0.25, -0.2) is 22.4 Å². The van der Waals surface area contributed by atoms with Crippen molar-refractivity contribution in [1.29, 1.82) is 0 Å². The molecule has 1 aromatic rings. The first-order chi connectivity index (χ1) is 7.52. The molecule has 1 rings (SSSR count). The summed E-state index contributed by atoms with van der Waals surface area (Å²) >= 11 is 0. The molecule has 0 heterocycles. The maximum absolute atomic E-state index is 10.3. The monoisotopic (exact) mass is 304 g/mol. The van der Waals surface area contributed by atoms with Crippen molar-refractivity contribution in [2.75, 3.05) is 0 Å². The van der Waals surface area contributed by atoms with Crippen LogP contribution in [0.5, 0.6) is 0 Å². The normalized spacial score (nSPS) is 7.89. The Balaban J connectivity index is -0.000000332. The van der Waals surface area contributed by atoms with Gasteiger partial charge in [-0.2, -0.15) is 0 Å². The molecular formula is C12H16O5Zn. The van der Waals surface area contributed by atoms with Crippen molar-refractivity contribution in [2.45, 2.75) is 12.8 Å². The third-order valence-corrected chi connectivity index (χ3v) is 1.63. The second-order valence-corrected chi connectivity index (χ2v) is 2.89. The van der Waals surface area contributed by atoms with Crippen LogP contribution in [0.3, 0.4) is 0 Å². The van der Waals surface area contributed by atoms with Crippen molar-refractivity contribution in [3.8, 4) is 0 Å². The van der Waals surface area contributed by atoms with E-state index in [4.69, 9.17) is 10.2 Å². The smallest absolute Gasteiger partial charge is 0.478 e. The Bertz CT molecular complexity index is 313. The molecule has 0 aliphatic carbocycles. The number of rotatable bonds is 3. The summed E-state index contributed by atoms with van der Waals surface area (Å²) in [5.74, 6) is -2.13. The number of carboxylic acids is 2. The molecule has 1 aromatic carbocycles. The van der Waals surface area contributed by atoms with Crippen LogP contribution in [0.25, 0.3) is 0 Å². The van der Waals surface area contributed by atoms with Crippen molar-refractivity contribution < 1.29 is 44.8 Å². The van der Waals surface area contributed by atoms with Crippen LogP contribution in [0.2, 0.25) is 0 Å². The summed E-state index contributed by atoms with van der Waals surface area (Å²) in [6.45, 7) is 7.08. The van der Waals surface area contributed by atoms with Gasteiger partial charge in [0.2, 0.25) is 0 Å². The van der Waals surface area contributed by atoms with Crippen LogP contribution >= 0.6 is 0 Å². The van der Waals surface area contributed by atoms with Crippen molar-refractivity contribution in [3.63, 3.8) is 0 Å². The number of carbonyl (C=O) groups is 2. The van der Waals surface area contributed by atoms with Gasteiger partial charge in [-0.15, -0.1) is 0 Å². The van der Waals surface area contributed by atoms with E-state index in [9.17, 15) is 9.59 Å². The Kier molecular flexibility index (Phi) is 14.9. The van der Waals surface area contributed by atoms with E-state index < -0.39 is 11.9 Å². The molecule has 4 N–H and O–H groups in total. The van der Waals surface area contributed by atoms with Gasteiger partial charge in [0.05, 0.1) is 11.1 Å². The molecule has 0 amide bonds. The molecule has 0 unspecified atom stereocenters. The van der Waals surface area contributed by atoms with Crippen molar-refractivity contribution in [1.82, 2.24) is 0 Å². The average Bonchev–Trinajstić information content (AvgIpc) is 2.29. The van der Waals surface area contributed by atoms with E-state index in [1.165, 1.54) is 24.3 Å². The van der Waals surface area contributed by atoms with Crippen molar-refractivity contribution in [2.24, 2.45) is 0 Å². The molecule has 6 heteroatoms. The standard InChI is InChI=1S/C8H6O4.C4H8.H2O.Zn/c9-7(10)5-1-2-6(4-3-5)8(11)12;1-3-4-2;;/h1-4H,(H,9,10)(H,11,12);1-4H2;1H2;/q;-2;;+2. The van der Waals surface area contributed by atoms with Gasteiger partial charge >= 0.3 is 31.4 Å². The van der Waals surface area contributed by atoms with Gasteiger partial charge < -0.3 is 29.5 Å². The fraction of sp³-hybridized carbons (Fsp3) is 0.167. The molecule has 5 nitrogen and oxygen atoms in total. The maximum Gasteiger partial charge on any atom is 2.00 e. The van der Waals surface area contributed by atoms with Crippen LogP contribution < -0.4 is 0 Å². The second kappa shape index (κ2) is 12.2. The minimum Gasteiger partial charge on any atom is -0.478 e. The molecule has 0 aliphatic heterocycles. The molecule has 0 saturated carbocycles. The minimum atomic E-state index is -1.06. The zero-order chi connectivity index (χ0) is 12.6. The Labute approximate surface area is 119 Å². The molecule has 0 aromatic heterocycles. The molecule has 0 spiro atoms. The van der Waals surface area contributed by atoms with Gasteiger partial charge in [0.1, 0.15) is 0 Å². The van der Waals surface area contributed by atoms with Gasteiger partial charge in [-0.3, -0.25) is 0 Å². The average molecular weight is 306 g/mol. The summed E-state index contributed by atoms with van der Waals surface area (Å²) in [6.07, 6.45) is 1.92. The van der Waals surface area contributed by atoms with Gasteiger partial charge in [-0.1, -0.05) is 0 Å². The van der Waals surface area contributed by atoms with Crippen LogP contribution in [-0.4, -0.2) is 27.6 Å². The third kappa shape index (κ3) is 8.85. The quantitative estimate of drug-likeness (QED) is 0.654. The van der Waals surface area contributed by atoms with Gasteiger partial charge in [0, 0.05) is 0 Å². The van der Waals surface area contributed by atoms with Crippen molar-refractivity contribution in [3.05, 3.63) is 49.2 Å². The Morgan fingerprint density at radius 1 is 0.889 bits per heavy atom. The van der Waals surface area contributed by atoms with Crippen LogP contribution in [0.15, 0.2) is 24.3 Å². The number of hydrogen-bond acceptors (Lipinski definition) is 2. The Hall–Kier alpha value is -1.26. The molecule has 0 bridgehead atoms. The van der Waals surface area contributed by atoms with E-state index in [1.54, 1.807) is 0 Å². The largest absolute Gasteiger partial charge is 2.00 e. The summed E-state index contributed by atoms with van der Waals surface area (Å²) in [7, 11) is 0. The zero-order valence-electron chi connectivity index (χ0n) is 10.1. The molecule has 96 valence electrons. The first-order valence-corrected chi connectivity index (χ1v) is 4.68.